The van der Waals surface area contributed by atoms with E-state index < -0.39 is 22.3 Å². The number of amides is 1. The summed E-state index contributed by atoms with van der Waals surface area (Å²) >= 11 is 11.5. The second-order valence-corrected chi connectivity index (χ2v) is 4.66. The first-order valence-electron chi connectivity index (χ1n) is 5.45. The Kier molecular flexibility index (Phi) is 4.35. The fraction of sp³-hybridized carbons (Fsp3) is 0. The number of carbonyl (C=O) groups excluding carboxylic acids is 1. The highest BCUT2D eigenvalue weighted by atomic mass is 35.5. The number of aromatic nitrogens is 1. The first-order chi connectivity index (χ1) is 9.88. The predicted molar refractivity (Wildman–Crippen MR) is 75.3 cm³/mol. The van der Waals surface area contributed by atoms with E-state index in [1.165, 1.54) is 12.3 Å². The lowest BCUT2D eigenvalue weighted by molar-refractivity contribution is -0.385. The summed E-state index contributed by atoms with van der Waals surface area (Å²) in [5, 5.41) is 12.8. The van der Waals surface area contributed by atoms with Gasteiger partial charge in [-0.15, -0.1) is 0 Å². The average molecular weight is 330 g/mol. The van der Waals surface area contributed by atoms with Crippen molar-refractivity contribution in [3.63, 3.8) is 0 Å². The number of non-ortho nitro benzene ring substituents is 1. The van der Waals surface area contributed by atoms with Crippen molar-refractivity contribution in [3.05, 3.63) is 62.1 Å². The van der Waals surface area contributed by atoms with Gasteiger partial charge >= 0.3 is 0 Å². The molecule has 0 aliphatic heterocycles. The van der Waals surface area contributed by atoms with Crippen LogP contribution in [0, 0.1) is 15.9 Å². The number of nitro groups is 1. The molecule has 2 aromatic rings. The Morgan fingerprint density at radius 1 is 1.33 bits per heavy atom. The van der Waals surface area contributed by atoms with Gasteiger partial charge in [0.15, 0.2) is 5.82 Å². The molecule has 0 unspecified atom stereocenters. The van der Waals surface area contributed by atoms with Crippen molar-refractivity contribution in [2.24, 2.45) is 0 Å². The van der Waals surface area contributed by atoms with Crippen molar-refractivity contribution >= 4 is 40.5 Å². The molecule has 0 radical (unpaired) electrons. The molecule has 9 heteroatoms. The average Bonchev–Trinajstić information content (AvgIpc) is 2.43. The van der Waals surface area contributed by atoms with Gasteiger partial charge in [0.1, 0.15) is 5.15 Å². The summed E-state index contributed by atoms with van der Waals surface area (Å²) in [5.74, 6) is -1.65. The van der Waals surface area contributed by atoms with Crippen molar-refractivity contribution in [3.8, 4) is 0 Å². The molecular formula is C12H6Cl2FN3O3. The lowest BCUT2D eigenvalue weighted by Gasteiger charge is -2.07. The molecule has 0 fully saturated rings. The Bertz CT molecular complexity index is 740. The van der Waals surface area contributed by atoms with Gasteiger partial charge in [-0.25, -0.2) is 9.37 Å². The van der Waals surface area contributed by atoms with E-state index in [1.54, 1.807) is 0 Å². The SMILES string of the molecule is O=C(Nc1ccc([N+](=O)[O-])cc1F)c1cc(Cl)ncc1Cl. The van der Waals surface area contributed by atoms with Crippen molar-refractivity contribution < 1.29 is 14.1 Å². The molecule has 0 aliphatic carbocycles. The quantitative estimate of drug-likeness (QED) is 0.528. The number of nitrogens with one attached hydrogen (secondary N) is 1. The summed E-state index contributed by atoms with van der Waals surface area (Å²) in [6, 6.07) is 4.08. The number of halogens is 3. The molecule has 1 heterocycles. The highest BCUT2D eigenvalue weighted by Gasteiger charge is 2.16. The van der Waals surface area contributed by atoms with Crippen LogP contribution in [0.2, 0.25) is 10.2 Å². The number of pyridine rings is 1. The highest BCUT2D eigenvalue weighted by Crippen LogP contribution is 2.23. The van der Waals surface area contributed by atoms with Crippen LogP contribution in [-0.4, -0.2) is 15.8 Å². The molecule has 2 rings (SSSR count). The van der Waals surface area contributed by atoms with E-state index in [4.69, 9.17) is 23.2 Å². The molecule has 1 amide bonds. The zero-order valence-electron chi connectivity index (χ0n) is 10.1. The molecule has 108 valence electrons. The maximum absolute atomic E-state index is 13.7. The zero-order chi connectivity index (χ0) is 15.6. The molecule has 0 saturated carbocycles. The van der Waals surface area contributed by atoms with Crippen LogP contribution < -0.4 is 5.32 Å². The Hall–Kier alpha value is -2.25. The molecule has 1 aromatic heterocycles. The highest BCUT2D eigenvalue weighted by molar-refractivity contribution is 6.35. The maximum atomic E-state index is 13.7. The van der Waals surface area contributed by atoms with Gasteiger partial charge in [-0.1, -0.05) is 23.2 Å². The topological polar surface area (TPSA) is 85.1 Å². The Morgan fingerprint density at radius 2 is 2.05 bits per heavy atom. The van der Waals surface area contributed by atoms with E-state index in [-0.39, 0.29) is 21.4 Å². The maximum Gasteiger partial charge on any atom is 0.272 e. The standard InChI is InChI=1S/C12H6Cl2FN3O3/c13-8-5-16-11(14)4-7(8)12(19)17-10-2-1-6(18(20)21)3-9(10)15/h1-5H,(H,17,19). The van der Waals surface area contributed by atoms with Crippen molar-refractivity contribution in [2.75, 3.05) is 5.32 Å². The molecule has 0 bridgehead atoms. The van der Waals surface area contributed by atoms with Crippen LogP contribution in [0.4, 0.5) is 15.8 Å². The number of rotatable bonds is 3. The molecule has 21 heavy (non-hydrogen) atoms. The normalized spacial score (nSPS) is 10.2. The predicted octanol–water partition coefficient (Wildman–Crippen LogP) is 3.69. The molecule has 1 aromatic carbocycles. The van der Waals surface area contributed by atoms with Gasteiger partial charge in [-0.05, 0) is 12.1 Å². The van der Waals surface area contributed by atoms with Gasteiger partial charge < -0.3 is 5.32 Å². The minimum Gasteiger partial charge on any atom is -0.319 e. The van der Waals surface area contributed by atoms with E-state index >= 15 is 0 Å². The van der Waals surface area contributed by atoms with E-state index in [0.29, 0.717) is 6.07 Å². The van der Waals surface area contributed by atoms with Crippen LogP contribution >= 0.6 is 23.2 Å². The van der Waals surface area contributed by atoms with Crippen molar-refractivity contribution in [1.82, 2.24) is 4.98 Å². The van der Waals surface area contributed by atoms with E-state index in [1.807, 2.05) is 0 Å². The lowest BCUT2D eigenvalue weighted by Crippen LogP contribution is -2.14. The number of benzene rings is 1. The van der Waals surface area contributed by atoms with E-state index in [9.17, 15) is 19.3 Å². The second kappa shape index (κ2) is 6.02. The molecular weight excluding hydrogens is 324 g/mol. The minimum absolute atomic E-state index is 0.00872. The minimum atomic E-state index is -0.936. The first kappa shape index (κ1) is 15.1. The van der Waals surface area contributed by atoms with Gasteiger partial charge in [0.25, 0.3) is 11.6 Å². The number of carbonyl (C=O) groups is 1. The van der Waals surface area contributed by atoms with Gasteiger partial charge in [-0.2, -0.15) is 0 Å². The number of anilines is 1. The number of nitro benzene ring substituents is 1. The summed E-state index contributed by atoms with van der Waals surface area (Å²) in [5.41, 5.74) is -0.625. The smallest absolute Gasteiger partial charge is 0.272 e. The third kappa shape index (κ3) is 3.45. The summed E-state index contributed by atoms with van der Waals surface area (Å²) in [6.07, 6.45) is 1.19. The summed E-state index contributed by atoms with van der Waals surface area (Å²) in [6.45, 7) is 0. The Morgan fingerprint density at radius 3 is 2.67 bits per heavy atom. The third-order valence-corrected chi connectivity index (χ3v) is 2.99. The summed E-state index contributed by atoms with van der Waals surface area (Å²) in [4.78, 5) is 25.4. The summed E-state index contributed by atoms with van der Waals surface area (Å²) in [7, 11) is 0. The Balaban J connectivity index is 2.27. The van der Waals surface area contributed by atoms with E-state index in [2.05, 4.69) is 10.3 Å². The van der Waals surface area contributed by atoms with Gasteiger partial charge in [-0.3, -0.25) is 14.9 Å². The van der Waals surface area contributed by atoms with Gasteiger partial charge in [0.2, 0.25) is 0 Å². The molecule has 0 saturated heterocycles. The van der Waals surface area contributed by atoms with Crippen LogP contribution in [0.3, 0.4) is 0 Å². The molecule has 1 N–H and O–H groups in total. The monoisotopic (exact) mass is 329 g/mol. The molecule has 0 spiro atoms. The number of nitrogens with zero attached hydrogens (tertiary/aromatic N) is 2. The lowest BCUT2D eigenvalue weighted by atomic mass is 10.2. The fourth-order valence-corrected chi connectivity index (χ4v) is 1.84. The largest absolute Gasteiger partial charge is 0.319 e. The first-order valence-corrected chi connectivity index (χ1v) is 6.20. The third-order valence-electron chi connectivity index (χ3n) is 2.48. The van der Waals surface area contributed by atoms with Crippen LogP contribution in [-0.2, 0) is 0 Å². The number of hydrogen-bond donors (Lipinski definition) is 1. The molecule has 0 aliphatic rings. The number of hydrogen-bond acceptors (Lipinski definition) is 4. The van der Waals surface area contributed by atoms with E-state index in [0.717, 1.165) is 12.1 Å². The fourth-order valence-electron chi connectivity index (χ4n) is 1.50. The zero-order valence-corrected chi connectivity index (χ0v) is 11.7. The van der Waals surface area contributed by atoms with Crippen LogP contribution in [0.1, 0.15) is 10.4 Å². The second-order valence-electron chi connectivity index (χ2n) is 3.86. The van der Waals surface area contributed by atoms with Crippen LogP contribution in [0.25, 0.3) is 0 Å². The Labute approximate surface area is 127 Å². The van der Waals surface area contributed by atoms with Crippen molar-refractivity contribution in [1.29, 1.82) is 0 Å². The molecule has 6 nitrogen and oxygen atoms in total. The van der Waals surface area contributed by atoms with Gasteiger partial charge in [0.05, 0.1) is 27.3 Å². The van der Waals surface area contributed by atoms with Crippen LogP contribution in [0.5, 0.6) is 0 Å². The summed E-state index contributed by atoms with van der Waals surface area (Å²) < 4.78 is 13.7. The molecule has 0 atom stereocenters. The van der Waals surface area contributed by atoms with Crippen LogP contribution in [0.15, 0.2) is 30.5 Å². The van der Waals surface area contributed by atoms with Gasteiger partial charge in [0, 0.05) is 12.3 Å². The van der Waals surface area contributed by atoms with Crippen molar-refractivity contribution in [2.45, 2.75) is 0 Å².